The standard InChI is InChI=1S/C15H14F12O4/c1-2-9(28)31-8-4-6(10(29,12(16,17)18)13(19,20)21)3-7(5-8)11(30,14(22,23)24)15(25,26)27/h2,6-8,29-30H,1,3-5H2. The maximum Gasteiger partial charge on any atom is 0.426 e. The second-order valence-corrected chi connectivity index (χ2v) is 6.89. The van der Waals surface area contributed by atoms with Crippen LogP contribution < -0.4 is 0 Å². The zero-order valence-corrected chi connectivity index (χ0v) is 14.9. The Morgan fingerprint density at radius 3 is 1.23 bits per heavy atom. The number of halogens is 12. The molecule has 1 rings (SSSR count). The van der Waals surface area contributed by atoms with Gasteiger partial charge in [-0.25, -0.2) is 4.79 Å². The summed E-state index contributed by atoms with van der Waals surface area (Å²) in [5.41, 5.74) is -11.5. The summed E-state index contributed by atoms with van der Waals surface area (Å²) < 4.78 is 162. The van der Waals surface area contributed by atoms with E-state index in [0.717, 1.165) is 0 Å². The van der Waals surface area contributed by atoms with Crippen molar-refractivity contribution in [3.05, 3.63) is 12.7 Å². The number of ether oxygens (including phenoxy) is 1. The van der Waals surface area contributed by atoms with Crippen molar-refractivity contribution in [1.82, 2.24) is 0 Å². The van der Waals surface area contributed by atoms with Crippen LogP contribution in [-0.2, 0) is 9.53 Å². The third-order valence-corrected chi connectivity index (χ3v) is 5.02. The number of hydrogen-bond acceptors (Lipinski definition) is 4. The predicted molar refractivity (Wildman–Crippen MR) is 75.0 cm³/mol. The van der Waals surface area contributed by atoms with Gasteiger partial charge in [0.2, 0.25) is 0 Å². The quantitative estimate of drug-likeness (QED) is 0.355. The van der Waals surface area contributed by atoms with E-state index in [9.17, 15) is 67.7 Å². The van der Waals surface area contributed by atoms with E-state index in [1.165, 1.54) is 0 Å². The summed E-state index contributed by atoms with van der Waals surface area (Å²) in [6.45, 7) is 2.83. The maximum absolute atomic E-state index is 13.1. The fourth-order valence-electron chi connectivity index (χ4n) is 3.50. The SMILES string of the molecule is C=CC(=O)OC1CC(C(O)(C(F)(F)F)C(F)(F)F)CC(C(O)(C(F)(F)F)C(F)(F)F)C1. The molecule has 0 bridgehead atoms. The highest BCUT2D eigenvalue weighted by atomic mass is 19.4. The first kappa shape index (κ1) is 27.3. The van der Waals surface area contributed by atoms with Gasteiger partial charge in [0, 0.05) is 17.9 Å². The van der Waals surface area contributed by atoms with Gasteiger partial charge in [0.1, 0.15) is 6.10 Å². The molecule has 0 spiro atoms. The first-order chi connectivity index (χ1) is 13.5. The monoisotopic (exact) mass is 486 g/mol. The third kappa shape index (κ3) is 4.73. The molecule has 0 heterocycles. The van der Waals surface area contributed by atoms with Gasteiger partial charge in [-0.15, -0.1) is 0 Å². The van der Waals surface area contributed by atoms with Crippen LogP contribution >= 0.6 is 0 Å². The van der Waals surface area contributed by atoms with Crippen molar-refractivity contribution < 1.29 is 72.4 Å². The van der Waals surface area contributed by atoms with Crippen LogP contribution in [0.25, 0.3) is 0 Å². The van der Waals surface area contributed by atoms with E-state index >= 15 is 0 Å². The molecule has 0 aromatic heterocycles. The molecule has 0 amide bonds. The molecular weight excluding hydrogens is 472 g/mol. The summed E-state index contributed by atoms with van der Waals surface area (Å²) in [5.74, 6) is -8.34. The van der Waals surface area contributed by atoms with Crippen LogP contribution in [0.2, 0.25) is 0 Å². The lowest BCUT2D eigenvalue weighted by atomic mass is 9.65. The Hall–Kier alpha value is -1.71. The van der Waals surface area contributed by atoms with Gasteiger partial charge in [0.25, 0.3) is 11.2 Å². The number of hydrogen-bond donors (Lipinski definition) is 2. The molecule has 16 heteroatoms. The van der Waals surface area contributed by atoms with Crippen molar-refractivity contribution in [2.45, 2.75) is 61.3 Å². The van der Waals surface area contributed by atoms with Crippen LogP contribution in [-0.4, -0.2) is 58.2 Å². The molecule has 0 saturated heterocycles. The number of rotatable bonds is 4. The Balaban J connectivity index is 3.66. The highest BCUT2D eigenvalue weighted by molar-refractivity contribution is 5.81. The number of aliphatic hydroxyl groups is 2. The minimum absolute atomic E-state index is 0.304. The van der Waals surface area contributed by atoms with Crippen LogP contribution in [0.15, 0.2) is 12.7 Å². The normalized spacial score (nSPS) is 24.6. The summed E-state index contributed by atoms with van der Waals surface area (Å²) >= 11 is 0. The fourth-order valence-corrected chi connectivity index (χ4v) is 3.50. The lowest BCUT2D eigenvalue weighted by Crippen LogP contribution is -2.67. The van der Waals surface area contributed by atoms with E-state index in [1.807, 2.05) is 0 Å². The Morgan fingerprint density at radius 1 is 0.710 bits per heavy atom. The maximum atomic E-state index is 13.1. The summed E-state index contributed by atoms with van der Waals surface area (Å²) in [4.78, 5) is 11.2. The number of alkyl halides is 12. The number of esters is 1. The van der Waals surface area contributed by atoms with Crippen LogP contribution in [0.5, 0.6) is 0 Å². The van der Waals surface area contributed by atoms with Gasteiger partial charge in [-0.2, -0.15) is 52.7 Å². The first-order valence-electron chi connectivity index (χ1n) is 8.08. The summed E-state index contributed by atoms with van der Waals surface area (Å²) in [7, 11) is 0. The fraction of sp³-hybridized carbons (Fsp3) is 0.800. The van der Waals surface area contributed by atoms with E-state index < -0.39 is 79.1 Å². The number of carbonyl (C=O) groups is 1. The van der Waals surface area contributed by atoms with Crippen molar-refractivity contribution in [2.75, 3.05) is 0 Å². The third-order valence-electron chi connectivity index (χ3n) is 5.02. The zero-order chi connectivity index (χ0) is 24.8. The molecule has 2 unspecified atom stereocenters. The summed E-state index contributed by atoms with van der Waals surface area (Å²) in [6.07, 6.45) is -33.8. The lowest BCUT2D eigenvalue weighted by Gasteiger charge is -2.48. The van der Waals surface area contributed by atoms with Crippen LogP contribution in [0.1, 0.15) is 19.3 Å². The molecule has 182 valence electrons. The molecule has 1 saturated carbocycles. The van der Waals surface area contributed by atoms with Gasteiger partial charge >= 0.3 is 30.7 Å². The highest BCUT2D eigenvalue weighted by Crippen LogP contribution is 2.57. The smallest absolute Gasteiger partial charge is 0.426 e. The van der Waals surface area contributed by atoms with Crippen molar-refractivity contribution >= 4 is 5.97 Å². The van der Waals surface area contributed by atoms with E-state index in [4.69, 9.17) is 0 Å². The second-order valence-electron chi connectivity index (χ2n) is 6.89. The first-order valence-corrected chi connectivity index (χ1v) is 8.08. The Bertz CT molecular complexity index is 601. The van der Waals surface area contributed by atoms with Gasteiger partial charge in [-0.1, -0.05) is 6.58 Å². The number of carbonyl (C=O) groups excluding carboxylic acids is 1. The Labute approximate surface area is 165 Å². The predicted octanol–water partition coefficient (Wildman–Crippen LogP) is 4.21. The average molecular weight is 486 g/mol. The van der Waals surface area contributed by atoms with Gasteiger partial charge in [0.15, 0.2) is 0 Å². The van der Waals surface area contributed by atoms with Crippen LogP contribution in [0.4, 0.5) is 52.7 Å². The van der Waals surface area contributed by atoms with Crippen LogP contribution in [0, 0.1) is 11.8 Å². The molecule has 0 aliphatic heterocycles. The molecule has 2 N–H and O–H groups in total. The summed E-state index contributed by atoms with van der Waals surface area (Å²) in [6, 6.07) is 0. The minimum Gasteiger partial charge on any atom is -0.459 e. The zero-order valence-electron chi connectivity index (χ0n) is 14.9. The van der Waals surface area contributed by atoms with E-state index in [2.05, 4.69) is 11.3 Å². The molecule has 0 aromatic carbocycles. The van der Waals surface area contributed by atoms with E-state index in [1.54, 1.807) is 0 Å². The molecule has 2 atom stereocenters. The lowest BCUT2D eigenvalue weighted by molar-refractivity contribution is -0.405. The van der Waals surface area contributed by atoms with Gasteiger partial charge in [-0.3, -0.25) is 0 Å². The molecule has 1 fully saturated rings. The Morgan fingerprint density at radius 2 is 1.00 bits per heavy atom. The second kappa shape index (κ2) is 8.01. The minimum atomic E-state index is -6.58. The van der Waals surface area contributed by atoms with Gasteiger partial charge < -0.3 is 14.9 Å². The molecule has 1 aliphatic rings. The molecule has 0 radical (unpaired) electrons. The van der Waals surface area contributed by atoms with Crippen LogP contribution in [0.3, 0.4) is 0 Å². The molecular formula is C15H14F12O4. The molecule has 1 aliphatic carbocycles. The summed E-state index contributed by atoms with van der Waals surface area (Å²) in [5, 5.41) is 18.9. The molecule has 0 aromatic rings. The topological polar surface area (TPSA) is 66.8 Å². The van der Waals surface area contributed by atoms with E-state index in [-0.39, 0.29) is 0 Å². The Kier molecular flexibility index (Phi) is 7.06. The van der Waals surface area contributed by atoms with Crippen molar-refractivity contribution in [3.8, 4) is 0 Å². The largest absolute Gasteiger partial charge is 0.459 e. The van der Waals surface area contributed by atoms with Crippen molar-refractivity contribution in [2.24, 2.45) is 11.8 Å². The molecule has 4 nitrogen and oxygen atoms in total. The highest BCUT2D eigenvalue weighted by Gasteiger charge is 2.78. The molecule has 31 heavy (non-hydrogen) atoms. The van der Waals surface area contributed by atoms with Crippen molar-refractivity contribution in [3.63, 3.8) is 0 Å². The van der Waals surface area contributed by atoms with Gasteiger partial charge in [0.05, 0.1) is 0 Å². The average Bonchev–Trinajstić information content (AvgIpc) is 2.55. The van der Waals surface area contributed by atoms with Gasteiger partial charge in [-0.05, 0) is 19.3 Å². The van der Waals surface area contributed by atoms with E-state index in [0.29, 0.717) is 6.08 Å². The van der Waals surface area contributed by atoms with Crippen molar-refractivity contribution in [1.29, 1.82) is 0 Å².